The van der Waals surface area contributed by atoms with E-state index in [9.17, 15) is 9.18 Å². The summed E-state index contributed by atoms with van der Waals surface area (Å²) < 4.78 is 18.5. The zero-order valence-corrected chi connectivity index (χ0v) is 12.9. The number of ether oxygens (including phenoxy) is 1. The van der Waals surface area contributed by atoms with Gasteiger partial charge in [-0.05, 0) is 51.2 Å². The summed E-state index contributed by atoms with van der Waals surface area (Å²) in [6.45, 7) is 2.78. The van der Waals surface area contributed by atoms with Crippen LogP contribution >= 0.6 is 0 Å². The molecule has 2 rings (SSSR count). The van der Waals surface area contributed by atoms with Gasteiger partial charge in [0.15, 0.2) is 0 Å². The van der Waals surface area contributed by atoms with Crippen LogP contribution in [0.3, 0.4) is 0 Å². The van der Waals surface area contributed by atoms with E-state index in [1.807, 2.05) is 0 Å². The van der Waals surface area contributed by atoms with Gasteiger partial charge in [0.25, 0.3) is 0 Å². The van der Waals surface area contributed by atoms with E-state index in [2.05, 4.69) is 28.6 Å². The molecular formula is C16H23FN2O2. The standard InChI is InChI=1S/C16H23FN2O2/c1-18(2)11-13-5-4-8-19(13)10-12-6-7-14(15(17)9-12)16(20)21-3/h6-7,9,13H,4-5,8,10-11H2,1-3H3. The van der Waals surface area contributed by atoms with Crippen molar-refractivity contribution in [1.82, 2.24) is 9.80 Å². The number of likely N-dealkylation sites (N-methyl/N-ethyl adjacent to an activating group) is 1. The molecule has 0 saturated carbocycles. The average molecular weight is 294 g/mol. The van der Waals surface area contributed by atoms with Gasteiger partial charge in [-0.15, -0.1) is 0 Å². The summed E-state index contributed by atoms with van der Waals surface area (Å²) in [6, 6.07) is 5.27. The maximum absolute atomic E-state index is 13.9. The van der Waals surface area contributed by atoms with Gasteiger partial charge in [-0.1, -0.05) is 6.07 Å². The first-order chi connectivity index (χ1) is 10.0. The molecule has 0 aliphatic carbocycles. The first-order valence-electron chi connectivity index (χ1n) is 7.26. The number of halogens is 1. The molecule has 4 nitrogen and oxygen atoms in total. The van der Waals surface area contributed by atoms with E-state index in [0.29, 0.717) is 6.04 Å². The van der Waals surface area contributed by atoms with Gasteiger partial charge < -0.3 is 9.64 Å². The molecule has 1 aliphatic rings. The zero-order chi connectivity index (χ0) is 15.4. The molecule has 0 bridgehead atoms. The van der Waals surface area contributed by atoms with E-state index in [1.165, 1.54) is 32.1 Å². The van der Waals surface area contributed by atoms with Crippen LogP contribution in [0.15, 0.2) is 18.2 Å². The second kappa shape index (κ2) is 7.00. The van der Waals surface area contributed by atoms with E-state index >= 15 is 0 Å². The van der Waals surface area contributed by atoms with Crippen molar-refractivity contribution in [1.29, 1.82) is 0 Å². The van der Waals surface area contributed by atoms with Crippen molar-refractivity contribution < 1.29 is 13.9 Å². The molecule has 0 amide bonds. The lowest BCUT2D eigenvalue weighted by Gasteiger charge is -2.27. The number of methoxy groups -OCH3 is 1. The Hall–Kier alpha value is -1.46. The maximum Gasteiger partial charge on any atom is 0.340 e. The first kappa shape index (κ1) is 15.9. The van der Waals surface area contributed by atoms with Crippen LogP contribution in [0.5, 0.6) is 0 Å². The van der Waals surface area contributed by atoms with Crippen molar-refractivity contribution >= 4 is 5.97 Å². The van der Waals surface area contributed by atoms with E-state index < -0.39 is 11.8 Å². The molecule has 0 spiro atoms. The zero-order valence-electron chi connectivity index (χ0n) is 12.9. The molecule has 116 valence electrons. The molecule has 0 N–H and O–H groups in total. The summed E-state index contributed by atoms with van der Waals surface area (Å²) >= 11 is 0. The normalized spacial score (nSPS) is 19.2. The smallest absolute Gasteiger partial charge is 0.340 e. The van der Waals surface area contributed by atoms with Crippen molar-refractivity contribution in [2.75, 3.05) is 34.3 Å². The third-order valence-corrected chi connectivity index (χ3v) is 3.90. The third kappa shape index (κ3) is 4.02. The van der Waals surface area contributed by atoms with Gasteiger partial charge in [-0.3, -0.25) is 4.90 Å². The molecule has 21 heavy (non-hydrogen) atoms. The summed E-state index contributed by atoms with van der Waals surface area (Å²) in [5, 5.41) is 0. The van der Waals surface area contributed by atoms with Crippen LogP contribution in [0.1, 0.15) is 28.8 Å². The number of esters is 1. The Morgan fingerprint density at radius 1 is 1.48 bits per heavy atom. The number of rotatable bonds is 5. The summed E-state index contributed by atoms with van der Waals surface area (Å²) in [5.74, 6) is -1.14. The number of likely N-dealkylation sites (tertiary alicyclic amines) is 1. The molecule has 1 aromatic rings. The second-order valence-electron chi connectivity index (χ2n) is 5.83. The highest BCUT2D eigenvalue weighted by atomic mass is 19.1. The third-order valence-electron chi connectivity index (χ3n) is 3.90. The van der Waals surface area contributed by atoms with Crippen molar-refractivity contribution in [3.05, 3.63) is 35.1 Å². The number of hydrogen-bond acceptors (Lipinski definition) is 4. The van der Waals surface area contributed by atoms with E-state index in [-0.39, 0.29) is 5.56 Å². The van der Waals surface area contributed by atoms with Crippen LogP contribution in [0, 0.1) is 5.82 Å². The molecule has 1 atom stereocenters. The van der Waals surface area contributed by atoms with Crippen LogP contribution in [-0.4, -0.2) is 56.1 Å². The van der Waals surface area contributed by atoms with E-state index in [0.717, 1.165) is 25.2 Å². The van der Waals surface area contributed by atoms with Crippen LogP contribution in [0.25, 0.3) is 0 Å². The average Bonchev–Trinajstić information content (AvgIpc) is 2.84. The van der Waals surface area contributed by atoms with Gasteiger partial charge in [-0.25, -0.2) is 9.18 Å². The van der Waals surface area contributed by atoms with Gasteiger partial charge in [0.1, 0.15) is 5.82 Å². The number of hydrogen-bond donors (Lipinski definition) is 0. The number of carbonyl (C=O) groups excluding carboxylic acids is 1. The van der Waals surface area contributed by atoms with Crippen molar-refractivity contribution in [2.24, 2.45) is 0 Å². The van der Waals surface area contributed by atoms with Gasteiger partial charge in [0.2, 0.25) is 0 Å². The van der Waals surface area contributed by atoms with Crippen molar-refractivity contribution in [2.45, 2.75) is 25.4 Å². The highest BCUT2D eigenvalue weighted by Gasteiger charge is 2.25. The van der Waals surface area contributed by atoms with Crippen LogP contribution in [0.4, 0.5) is 4.39 Å². The monoisotopic (exact) mass is 294 g/mol. The molecule has 1 aliphatic heterocycles. The fourth-order valence-corrected chi connectivity index (χ4v) is 2.90. The lowest BCUT2D eigenvalue weighted by molar-refractivity contribution is 0.0595. The lowest BCUT2D eigenvalue weighted by atomic mass is 10.1. The minimum Gasteiger partial charge on any atom is -0.465 e. The van der Waals surface area contributed by atoms with Crippen LogP contribution < -0.4 is 0 Å². The maximum atomic E-state index is 13.9. The predicted octanol–water partition coefficient (Wildman–Crippen LogP) is 2.14. The molecule has 1 fully saturated rings. The largest absolute Gasteiger partial charge is 0.465 e. The second-order valence-corrected chi connectivity index (χ2v) is 5.83. The van der Waals surface area contributed by atoms with Gasteiger partial charge in [0, 0.05) is 19.1 Å². The van der Waals surface area contributed by atoms with Gasteiger partial charge in [0.05, 0.1) is 12.7 Å². The number of carbonyl (C=O) groups is 1. The predicted molar refractivity (Wildman–Crippen MR) is 79.7 cm³/mol. The molecule has 1 heterocycles. The Morgan fingerprint density at radius 2 is 2.24 bits per heavy atom. The van der Waals surface area contributed by atoms with Gasteiger partial charge in [-0.2, -0.15) is 0 Å². The fourth-order valence-electron chi connectivity index (χ4n) is 2.90. The fraction of sp³-hybridized carbons (Fsp3) is 0.562. The van der Waals surface area contributed by atoms with Crippen LogP contribution in [-0.2, 0) is 11.3 Å². The van der Waals surface area contributed by atoms with Crippen molar-refractivity contribution in [3.8, 4) is 0 Å². The molecular weight excluding hydrogens is 271 g/mol. The molecule has 5 heteroatoms. The van der Waals surface area contributed by atoms with E-state index in [1.54, 1.807) is 6.07 Å². The highest BCUT2D eigenvalue weighted by Crippen LogP contribution is 2.21. The summed E-state index contributed by atoms with van der Waals surface area (Å²) in [5.41, 5.74) is 0.887. The Balaban J connectivity index is 2.06. The summed E-state index contributed by atoms with van der Waals surface area (Å²) in [7, 11) is 5.40. The first-order valence-corrected chi connectivity index (χ1v) is 7.26. The Morgan fingerprint density at radius 3 is 2.86 bits per heavy atom. The minimum absolute atomic E-state index is 0.00693. The molecule has 0 radical (unpaired) electrons. The minimum atomic E-state index is -0.634. The molecule has 1 saturated heterocycles. The highest BCUT2D eigenvalue weighted by molar-refractivity contribution is 5.89. The lowest BCUT2D eigenvalue weighted by Crippen LogP contribution is -2.37. The van der Waals surface area contributed by atoms with Gasteiger partial charge >= 0.3 is 5.97 Å². The Labute approximate surface area is 125 Å². The van der Waals surface area contributed by atoms with Crippen molar-refractivity contribution in [3.63, 3.8) is 0 Å². The summed E-state index contributed by atoms with van der Waals surface area (Å²) in [4.78, 5) is 16.0. The van der Waals surface area contributed by atoms with Crippen LogP contribution in [0.2, 0.25) is 0 Å². The number of benzene rings is 1. The Bertz CT molecular complexity index is 505. The molecule has 1 unspecified atom stereocenters. The molecule has 0 aromatic heterocycles. The number of nitrogens with zero attached hydrogens (tertiary/aromatic N) is 2. The van der Waals surface area contributed by atoms with E-state index in [4.69, 9.17) is 0 Å². The topological polar surface area (TPSA) is 32.8 Å². The Kier molecular flexibility index (Phi) is 5.31. The molecule has 1 aromatic carbocycles. The SMILES string of the molecule is COC(=O)c1ccc(CN2CCCC2CN(C)C)cc1F. The quantitative estimate of drug-likeness (QED) is 0.779. The summed E-state index contributed by atoms with van der Waals surface area (Å²) in [6.07, 6.45) is 2.36.